The second kappa shape index (κ2) is 5.70. The summed E-state index contributed by atoms with van der Waals surface area (Å²) in [4.78, 5) is 16.1. The van der Waals surface area contributed by atoms with Crippen LogP contribution in [0.15, 0.2) is 21.3 Å². The van der Waals surface area contributed by atoms with Crippen LogP contribution in [0.5, 0.6) is 5.75 Å². The number of nitrogens with one attached hydrogen (secondary N) is 1. The van der Waals surface area contributed by atoms with Gasteiger partial charge in [0, 0.05) is 17.0 Å². The van der Waals surface area contributed by atoms with Crippen LogP contribution in [0.1, 0.15) is 35.8 Å². The minimum absolute atomic E-state index is 0.360. The standard InChI is InChI=1S/C16H16ClN3O3/c1-7-8(2)16(21)23-13-6-14(12(17)5-11(7)13)22-9(3)15-18-10(4)19-20-15/h5-6,9H,1-4H3,(H,18,19,20). The number of hydrogen-bond acceptors (Lipinski definition) is 5. The highest BCUT2D eigenvalue weighted by molar-refractivity contribution is 6.32. The van der Waals surface area contributed by atoms with Crippen LogP contribution in [0, 0.1) is 20.8 Å². The minimum atomic E-state index is -0.395. The zero-order valence-corrected chi connectivity index (χ0v) is 14.0. The number of rotatable bonds is 3. The lowest BCUT2D eigenvalue weighted by atomic mass is 10.1. The summed E-state index contributed by atoms with van der Waals surface area (Å²) < 4.78 is 11.2. The van der Waals surface area contributed by atoms with Gasteiger partial charge in [-0.25, -0.2) is 9.78 Å². The van der Waals surface area contributed by atoms with Crippen LogP contribution in [0.25, 0.3) is 11.0 Å². The molecule has 0 saturated heterocycles. The maximum Gasteiger partial charge on any atom is 0.339 e. The largest absolute Gasteiger partial charge is 0.481 e. The fourth-order valence-corrected chi connectivity index (χ4v) is 2.53. The highest BCUT2D eigenvalue weighted by Crippen LogP contribution is 2.33. The van der Waals surface area contributed by atoms with Crippen molar-refractivity contribution in [3.63, 3.8) is 0 Å². The number of nitrogens with zero attached hydrogens (tertiary/aromatic N) is 2. The van der Waals surface area contributed by atoms with Crippen LogP contribution < -0.4 is 10.4 Å². The molecule has 0 aliphatic rings. The van der Waals surface area contributed by atoms with Gasteiger partial charge in [-0.1, -0.05) is 11.6 Å². The molecule has 3 aromatic rings. The molecule has 1 atom stereocenters. The Morgan fingerprint density at radius 2 is 2.00 bits per heavy atom. The molecule has 7 heteroatoms. The maximum absolute atomic E-state index is 11.8. The third-order valence-corrected chi connectivity index (χ3v) is 4.09. The van der Waals surface area contributed by atoms with Crippen molar-refractivity contribution in [2.75, 3.05) is 0 Å². The first kappa shape index (κ1) is 15.6. The van der Waals surface area contributed by atoms with Crippen molar-refractivity contribution >= 4 is 22.6 Å². The summed E-state index contributed by atoms with van der Waals surface area (Å²) in [5.74, 6) is 1.65. The van der Waals surface area contributed by atoms with Gasteiger partial charge in [-0.15, -0.1) is 0 Å². The number of aryl methyl sites for hydroxylation is 2. The summed E-state index contributed by atoms with van der Waals surface area (Å²) >= 11 is 6.31. The molecule has 23 heavy (non-hydrogen) atoms. The van der Waals surface area contributed by atoms with Gasteiger partial charge in [-0.3, -0.25) is 5.10 Å². The molecule has 0 aliphatic carbocycles. The van der Waals surface area contributed by atoms with E-state index in [1.165, 1.54) is 0 Å². The van der Waals surface area contributed by atoms with Crippen molar-refractivity contribution in [2.24, 2.45) is 0 Å². The second-order valence-corrected chi connectivity index (χ2v) is 5.86. The van der Waals surface area contributed by atoms with E-state index in [0.29, 0.717) is 33.6 Å². The van der Waals surface area contributed by atoms with Crippen LogP contribution in [0.4, 0.5) is 0 Å². The number of aromatic nitrogens is 3. The topological polar surface area (TPSA) is 81.0 Å². The second-order valence-electron chi connectivity index (χ2n) is 5.46. The molecule has 0 fully saturated rings. The minimum Gasteiger partial charge on any atom is -0.481 e. The van der Waals surface area contributed by atoms with Crippen LogP contribution in [0.3, 0.4) is 0 Å². The molecular formula is C16H16ClN3O3. The Balaban J connectivity index is 2.03. The van der Waals surface area contributed by atoms with Gasteiger partial charge >= 0.3 is 5.63 Å². The van der Waals surface area contributed by atoms with E-state index in [2.05, 4.69) is 15.2 Å². The number of aromatic amines is 1. The summed E-state index contributed by atoms with van der Waals surface area (Å²) in [5.41, 5.74) is 1.51. The van der Waals surface area contributed by atoms with Crippen LogP contribution in [0.2, 0.25) is 5.02 Å². The van der Waals surface area contributed by atoms with E-state index in [0.717, 1.165) is 10.9 Å². The predicted octanol–water partition coefficient (Wildman–Crippen LogP) is 3.63. The third-order valence-electron chi connectivity index (χ3n) is 3.79. The van der Waals surface area contributed by atoms with Gasteiger partial charge in [-0.2, -0.15) is 5.10 Å². The van der Waals surface area contributed by atoms with Gasteiger partial charge in [-0.05, 0) is 39.3 Å². The van der Waals surface area contributed by atoms with E-state index >= 15 is 0 Å². The molecule has 0 amide bonds. The van der Waals surface area contributed by atoms with E-state index in [4.69, 9.17) is 20.8 Å². The Morgan fingerprint density at radius 1 is 1.26 bits per heavy atom. The number of ether oxygens (including phenoxy) is 1. The van der Waals surface area contributed by atoms with Crippen molar-refractivity contribution in [3.05, 3.63) is 50.4 Å². The van der Waals surface area contributed by atoms with Crippen molar-refractivity contribution in [1.29, 1.82) is 0 Å². The average molecular weight is 334 g/mol. The lowest BCUT2D eigenvalue weighted by molar-refractivity contribution is 0.217. The van der Waals surface area contributed by atoms with Crippen molar-refractivity contribution in [1.82, 2.24) is 15.2 Å². The maximum atomic E-state index is 11.8. The molecule has 1 aromatic carbocycles. The Morgan fingerprint density at radius 3 is 2.65 bits per heavy atom. The van der Waals surface area contributed by atoms with Gasteiger partial charge in [0.1, 0.15) is 17.2 Å². The molecule has 0 spiro atoms. The van der Waals surface area contributed by atoms with Gasteiger partial charge < -0.3 is 9.15 Å². The number of benzene rings is 1. The molecule has 0 saturated carbocycles. The molecule has 2 aromatic heterocycles. The molecule has 0 bridgehead atoms. The van der Waals surface area contributed by atoms with Crippen molar-refractivity contribution < 1.29 is 9.15 Å². The van der Waals surface area contributed by atoms with Crippen molar-refractivity contribution in [2.45, 2.75) is 33.8 Å². The lowest BCUT2D eigenvalue weighted by Gasteiger charge is -2.14. The van der Waals surface area contributed by atoms with E-state index in [9.17, 15) is 4.79 Å². The monoisotopic (exact) mass is 333 g/mol. The first-order valence-electron chi connectivity index (χ1n) is 7.16. The van der Waals surface area contributed by atoms with E-state index in [1.807, 2.05) is 20.8 Å². The Labute approximate surface area is 137 Å². The molecule has 1 unspecified atom stereocenters. The number of halogens is 1. The zero-order chi connectivity index (χ0) is 16.7. The highest BCUT2D eigenvalue weighted by Gasteiger charge is 2.17. The van der Waals surface area contributed by atoms with Crippen LogP contribution in [-0.4, -0.2) is 15.2 Å². The number of H-pyrrole nitrogens is 1. The molecule has 0 aliphatic heterocycles. The SMILES string of the molecule is Cc1nc(C(C)Oc2cc3oc(=O)c(C)c(C)c3cc2Cl)n[nH]1. The van der Waals surface area contributed by atoms with Gasteiger partial charge in [0.2, 0.25) is 0 Å². The Kier molecular flexibility index (Phi) is 3.85. The molecule has 3 rings (SSSR count). The lowest BCUT2D eigenvalue weighted by Crippen LogP contribution is -2.07. The normalized spacial score (nSPS) is 12.6. The summed E-state index contributed by atoms with van der Waals surface area (Å²) in [6.45, 7) is 7.22. The Bertz CT molecular complexity index is 946. The van der Waals surface area contributed by atoms with E-state index in [1.54, 1.807) is 19.1 Å². The first-order valence-corrected chi connectivity index (χ1v) is 7.53. The Hall–Kier alpha value is -2.34. The first-order chi connectivity index (χ1) is 10.9. The van der Waals surface area contributed by atoms with Gasteiger partial charge in [0.25, 0.3) is 0 Å². The fraction of sp³-hybridized carbons (Fsp3) is 0.312. The summed E-state index contributed by atoms with van der Waals surface area (Å²) in [6, 6.07) is 3.37. The quantitative estimate of drug-likeness (QED) is 0.740. The predicted molar refractivity (Wildman–Crippen MR) is 87.1 cm³/mol. The van der Waals surface area contributed by atoms with Crippen LogP contribution in [-0.2, 0) is 0 Å². The zero-order valence-electron chi connectivity index (χ0n) is 13.2. The summed E-state index contributed by atoms with van der Waals surface area (Å²) in [5, 5.41) is 8.06. The number of fused-ring (bicyclic) bond motifs is 1. The molecule has 2 heterocycles. The smallest absolute Gasteiger partial charge is 0.339 e. The van der Waals surface area contributed by atoms with E-state index < -0.39 is 6.10 Å². The van der Waals surface area contributed by atoms with Crippen LogP contribution >= 0.6 is 11.6 Å². The van der Waals surface area contributed by atoms with E-state index in [-0.39, 0.29) is 5.63 Å². The van der Waals surface area contributed by atoms with Crippen molar-refractivity contribution in [3.8, 4) is 5.75 Å². The van der Waals surface area contributed by atoms with Gasteiger partial charge in [0.15, 0.2) is 11.9 Å². The fourth-order valence-electron chi connectivity index (χ4n) is 2.32. The molecule has 6 nitrogen and oxygen atoms in total. The van der Waals surface area contributed by atoms with Gasteiger partial charge in [0.05, 0.1) is 5.02 Å². The molecular weight excluding hydrogens is 318 g/mol. The molecule has 1 N–H and O–H groups in total. The highest BCUT2D eigenvalue weighted by atomic mass is 35.5. The molecule has 120 valence electrons. The average Bonchev–Trinajstić information content (AvgIpc) is 2.94. The summed E-state index contributed by atoms with van der Waals surface area (Å²) in [7, 11) is 0. The summed E-state index contributed by atoms with van der Waals surface area (Å²) in [6.07, 6.45) is -0.395. The molecule has 0 radical (unpaired) electrons. The third kappa shape index (κ3) is 2.82. The number of hydrogen-bond donors (Lipinski definition) is 1.